The molecule has 40 valence electrons. The third kappa shape index (κ3) is 0.706. The molecule has 0 N–H and O–H groups in total. The quantitative estimate of drug-likeness (QED) is 0.408. The van der Waals surface area contributed by atoms with Crippen molar-refractivity contribution in [3.05, 3.63) is 0 Å². The van der Waals surface area contributed by atoms with E-state index in [1.165, 1.54) is 0 Å². The molecule has 0 bridgehead atoms. The van der Waals surface area contributed by atoms with Crippen molar-refractivity contribution >= 4 is 5.91 Å². The highest BCUT2D eigenvalue weighted by Gasteiger charge is 2.18. The lowest BCUT2D eigenvalue weighted by molar-refractivity contribution is -0.140. The minimum atomic E-state index is -0.375. The van der Waals surface area contributed by atoms with Gasteiger partial charge in [-0.25, -0.2) is 0 Å². The summed E-state index contributed by atoms with van der Waals surface area (Å²) < 4.78 is 11.8. The topological polar surface area (TPSA) is 20.3 Å². The Morgan fingerprint density at radius 1 is 1.71 bits per heavy atom. The van der Waals surface area contributed by atoms with Crippen molar-refractivity contribution in [2.24, 2.45) is 0 Å². The molecule has 0 saturated carbocycles. The zero-order valence-electron chi connectivity index (χ0n) is 3.85. The molecule has 0 radical (unpaired) electrons. The number of rotatable bonds is 0. The van der Waals surface area contributed by atoms with Crippen LogP contribution in [0.15, 0.2) is 0 Å². The lowest BCUT2D eigenvalue weighted by Crippen LogP contribution is -2.12. The summed E-state index contributed by atoms with van der Waals surface area (Å²) in [6.07, 6.45) is 1.06. The number of hydrogen-bond acceptors (Lipinski definition) is 1. The van der Waals surface area contributed by atoms with E-state index in [2.05, 4.69) is 0 Å². The van der Waals surface area contributed by atoms with Gasteiger partial charge >= 0.3 is 0 Å². The molecule has 1 aliphatic heterocycles. The first-order valence-corrected chi connectivity index (χ1v) is 2.27. The first kappa shape index (κ1) is 4.56. The van der Waals surface area contributed by atoms with E-state index >= 15 is 0 Å². The maximum atomic E-state index is 11.8. The van der Waals surface area contributed by atoms with E-state index in [0.717, 1.165) is 0 Å². The first-order valence-electron chi connectivity index (χ1n) is 2.27. The molecule has 0 unspecified atom stereocenters. The Labute approximate surface area is 40.9 Å². The molecule has 0 aromatic rings. The van der Waals surface area contributed by atoms with Crippen LogP contribution in [0.2, 0.25) is 0 Å². The van der Waals surface area contributed by atoms with E-state index in [1.54, 1.807) is 0 Å². The van der Waals surface area contributed by atoms with E-state index in [4.69, 9.17) is 0 Å². The van der Waals surface area contributed by atoms with Gasteiger partial charge in [0.2, 0.25) is 5.91 Å². The van der Waals surface area contributed by atoms with Crippen molar-refractivity contribution in [3.8, 4) is 0 Å². The van der Waals surface area contributed by atoms with Crippen LogP contribution < -0.4 is 0 Å². The average Bonchev–Trinajstić information content (AvgIpc) is 1.91. The van der Waals surface area contributed by atoms with Gasteiger partial charge in [0.1, 0.15) is 0 Å². The molecule has 7 heavy (non-hydrogen) atoms. The van der Waals surface area contributed by atoms with Crippen molar-refractivity contribution < 1.29 is 9.28 Å². The molecule has 0 atom stereocenters. The van der Waals surface area contributed by atoms with Gasteiger partial charge in [-0.15, -0.1) is 0 Å². The van der Waals surface area contributed by atoms with Gasteiger partial charge in [-0.1, -0.05) is 4.48 Å². The number of carbonyl (C=O) groups excluding carboxylic acids is 1. The molecule has 1 aliphatic rings. The van der Waals surface area contributed by atoms with Crippen molar-refractivity contribution in [3.63, 3.8) is 0 Å². The smallest absolute Gasteiger partial charge is 0.250 e. The highest BCUT2D eigenvalue weighted by Crippen LogP contribution is 2.08. The summed E-state index contributed by atoms with van der Waals surface area (Å²) in [7, 11) is 0. The summed E-state index contributed by atoms with van der Waals surface area (Å²) in [6.45, 7) is 0.291. The molecule has 1 fully saturated rings. The molecule has 1 saturated heterocycles. The predicted molar refractivity (Wildman–Crippen MR) is 22.1 cm³/mol. The predicted octanol–water partition coefficient (Wildman–Crippen LogP) is 0.493. The largest absolute Gasteiger partial charge is 0.272 e. The van der Waals surface area contributed by atoms with Crippen molar-refractivity contribution in [1.82, 2.24) is 5.12 Å². The molecule has 1 heterocycles. The SMILES string of the molecule is O=C1CCCN1[18F]. The number of nitrogens with zero attached hydrogens (tertiary/aromatic N) is 1. The van der Waals surface area contributed by atoms with Gasteiger partial charge in [-0.05, 0) is 6.42 Å². The molecular weight excluding hydrogens is 96.1 g/mol. The Kier molecular flexibility index (Phi) is 0.964. The van der Waals surface area contributed by atoms with Gasteiger partial charge in [0.25, 0.3) is 0 Å². The molecule has 1 amide bonds. The molecule has 2 nitrogen and oxygen atoms in total. The van der Waals surface area contributed by atoms with Gasteiger partial charge < -0.3 is 0 Å². The maximum absolute atomic E-state index is 11.8. The third-order valence-electron chi connectivity index (χ3n) is 1.02. The Morgan fingerprint density at radius 2 is 2.43 bits per heavy atom. The highest BCUT2D eigenvalue weighted by molar-refractivity contribution is 5.76. The molecule has 0 aromatic heterocycles. The monoisotopic (exact) mass is 102 g/mol. The molecular formula is C4H6FNO. The fraction of sp³-hybridized carbons (Fsp3) is 0.750. The van der Waals surface area contributed by atoms with Crippen LogP contribution in [-0.2, 0) is 4.79 Å². The van der Waals surface area contributed by atoms with Crippen LogP contribution in [0.1, 0.15) is 12.8 Å². The second kappa shape index (κ2) is 1.48. The standard InChI is InChI=1S/C4H6FNO/c5-6-3-1-2-4(6)7/h1-3H2/i5-1. The second-order valence-electron chi connectivity index (χ2n) is 1.58. The Hall–Kier alpha value is -0.600. The summed E-state index contributed by atoms with van der Waals surface area (Å²) in [6, 6.07) is 0. The van der Waals surface area contributed by atoms with Crippen LogP contribution in [-0.4, -0.2) is 17.6 Å². The van der Waals surface area contributed by atoms with Gasteiger partial charge in [0, 0.05) is 6.42 Å². The summed E-state index contributed by atoms with van der Waals surface area (Å²) in [4.78, 5) is 10.1. The summed E-state index contributed by atoms with van der Waals surface area (Å²) in [5.74, 6) is -0.375. The zero-order chi connectivity index (χ0) is 5.28. The minimum Gasteiger partial charge on any atom is -0.272 e. The number of hydrogen-bond donors (Lipinski definition) is 0. The molecule has 0 aliphatic carbocycles. The van der Waals surface area contributed by atoms with Gasteiger partial charge in [0.05, 0.1) is 6.54 Å². The fourth-order valence-corrected chi connectivity index (χ4v) is 0.615. The van der Waals surface area contributed by atoms with Crippen LogP contribution >= 0.6 is 0 Å². The Morgan fingerprint density at radius 3 is 2.57 bits per heavy atom. The first-order chi connectivity index (χ1) is 3.30. The fourth-order valence-electron chi connectivity index (χ4n) is 0.615. The van der Waals surface area contributed by atoms with E-state index in [1.807, 2.05) is 0 Å². The van der Waals surface area contributed by atoms with E-state index in [9.17, 15) is 9.28 Å². The van der Waals surface area contributed by atoms with E-state index in [-0.39, 0.29) is 11.0 Å². The average molecular weight is 102 g/mol. The summed E-state index contributed by atoms with van der Waals surface area (Å²) >= 11 is 0. The molecule has 3 heteroatoms. The minimum absolute atomic E-state index is 0.264. The number of carbonyl (C=O) groups is 1. The van der Waals surface area contributed by atoms with Crippen LogP contribution in [0.3, 0.4) is 0 Å². The third-order valence-corrected chi connectivity index (χ3v) is 1.02. The molecule has 1 rings (SSSR count). The zero-order valence-corrected chi connectivity index (χ0v) is 3.85. The van der Waals surface area contributed by atoms with Crippen molar-refractivity contribution in [2.45, 2.75) is 12.8 Å². The lowest BCUT2D eigenvalue weighted by Gasteiger charge is -1.95. The highest BCUT2D eigenvalue weighted by atomic mass is 18.3. The van der Waals surface area contributed by atoms with Crippen molar-refractivity contribution in [2.75, 3.05) is 6.54 Å². The van der Waals surface area contributed by atoms with Gasteiger partial charge in [0.15, 0.2) is 0 Å². The Bertz CT molecular complexity index is 93.7. The van der Waals surface area contributed by atoms with Crippen LogP contribution in [0, 0.1) is 0 Å². The van der Waals surface area contributed by atoms with E-state index < -0.39 is 0 Å². The number of halogens is 1. The lowest BCUT2D eigenvalue weighted by atomic mass is 10.4. The second-order valence-corrected chi connectivity index (χ2v) is 1.58. The summed E-state index contributed by atoms with van der Waals surface area (Å²) in [5, 5.41) is 0.264. The van der Waals surface area contributed by atoms with Gasteiger partial charge in [-0.3, -0.25) is 4.79 Å². The summed E-state index contributed by atoms with van der Waals surface area (Å²) in [5.41, 5.74) is 0. The van der Waals surface area contributed by atoms with Crippen LogP contribution in [0.25, 0.3) is 0 Å². The normalized spacial score (nSPS) is 21.3. The Balaban J connectivity index is 2.48. The van der Waals surface area contributed by atoms with Gasteiger partial charge in [-0.2, -0.15) is 5.12 Å². The van der Waals surface area contributed by atoms with Crippen LogP contribution in [0.5, 0.6) is 0 Å². The molecule has 0 spiro atoms. The maximum Gasteiger partial charge on any atom is 0.250 e. The van der Waals surface area contributed by atoms with Crippen LogP contribution in [0.4, 0.5) is 4.48 Å². The van der Waals surface area contributed by atoms with Crippen molar-refractivity contribution in [1.29, 1.82) is 0 Å². The number of amides is 1. The molecule has 0 aromatic carbocycles. The van der Waals surface area contributed by atoms with E-state index in [0.29, 0.717) is 19.4 Å².